The molecule has 0 radical (unpaired) electrons. The largest absolute Gasteiger partial charge is 0.493 e. The van der Waals surface area contributed by atoms with Crippen LogP contribution < -0.4 is 14.2 Å². The van der Waals surface area contributed by atoms with Crippen molar-refractivity contribution in [1.29, 1.82) is 0 Å². The minimum Gasteiger partial charge on any atom is -0.493 e. The Morgan fingerprint density at radius 1 is 1.12 bits per heavy atom. The van der Waals surface area contributed by atoms with Crippen molar-refractivity contribution in [3.05, 3.63) is 53.8 Å². The molecule has 1 aliphatic carbocycles. The lowest BCUT2D eigenvalue weighted by atomic mass is 10.1. The molecule has 0 saturated heterocycles. The zero-order chi connectivity index (χ0) is 17.8. The molecule has 1 heterocycles. The van der Waals surface area contributed by atoms with Gasteiger partial charge in [-0.2, -0.15) is 0 Å². The third kappa shape index (κ3) is 3.28. The summed E-state index contributed by atoms with van der Waals surface area (Å²) in [5.74, 6) is 1.45. The number of oxazole rings is 1. The molecule has 0 atom stereocenters. The van der Waals surface area contributed by atoms with Gasteiger partial charge in [0, 0.05) is 11.1 Å². The van der Waals surface area contributed by atoms with Crippen molar-refractivity contribution in [3.8, 4) is 17.2 Å². The number of ketones is 1. The summed E-state index contributed by atoms with van der Waals surface area (Å²) in [4.78, 5) is 17.1. The van der Waals surface area contributed by atoms with Crippen molar-refractivity contribution in [2.24, 2.45) is 0 Å². The molecule has 1 aromatic carbocycles. The molecule has 130 valence electrons. The van der Waals surface area contributed by atoms with Crippen molar-refractivity contribution >= 4 is 11.4 Å². The summed E-state index contributed by atoms with van der Waals surface area (Å²) < 4.78 is 21.3. The highest BCUT2D eigenvalue weighted by molar-refractivity contribution is 6.08. The minimum absolute atomic E-state index is 0.236. The van der Waals surface area contributed by atoms with Crippen LogP contribution in [0, 0.1) is 0 Å². The number of nitrogens with zero attached hydrogens (tertiary/aromatic N) is 1. The van der Waals surface area contributed by atoms with Crippen molar-refractivity contribution in [2.75, 3.05) is 21.3 Å². The van der Waals surface area contributed by atoms with E-state index in [1.54, 1.807) is 12.1 Å². The number of benzene rings is 1. The topological polar surface area (TPSA) is 70.8 Å². The van der Waals surface area contributed by atoms with Crippen molar-refractivity contribution < 1.29 is 23.4 Å². The van der Waals surface area contributed by atoms with Gasteiger partial charge >= 0.3 is 0 Å². The molecule has 0 bridgehead atoms. The van der Waals surface area contributed by atoms with Gasteiger partial charge < -0.3 is 18.6 Å². The van der Waals surface area contributed by atoms with E-state index in [-0.39, 0.29) is 11.5 Å². The van der Waals surface area contributed by atoms with Crippen LogP contribution >= 0.6 is 0 Å². The number of hydrogen-bond donors (Lipinski definition) is 0. The Morgan fingerprint density at radius 3 is 2.40 bits per heavy atom. The molecule has 0 saturated carbocycles. The molecular formula is C19H19NO5. The third-order valence-electron chi connectivity index (χ3n) is 3.95. The number of carbonyl (C=O) groups is 1. The standard InChI is InChI=1S/C19H19NO5/c1-22-15-9-13(10-16(23-2)18(15)24-3)17(21)14-11-25-19(20-14)12-7-5-4-6-8-12/h4-5,7,9-11H,6,8H2,1-3H3. The van der Waals surface area contributed by atoms with Crippen LogP contribution in [0.25, 0.3) is 5.57 Å². The van der Waals surface area contributed by atoms with E-state index in [2.05, 4.69) is 11.1 Å². The second-order valence-corrected chi connectivity index (χ2v) is 5.44. The predicted octanol–water partition coefficient (Wildman–Crippen LogP) is 3.66. The Kier molecular flexibility index (Phi) is 4.88. The van der Waals surface area contributed by atoms with Crippen LogP contribution in [0.15, 0.2) is 41.0 Å². The minimum atomic E-state index is -0.277. The first-order chi connectivity index (χ1) is 12.2. The van der Waals surface area contributed by atoms with Crippen LogP contribution in [0.3, 0.4) is 0 Å². The first kappa shape index (κ1) is 16.8. The molecule has 1 aliphatic rings. The maximum absolute atomic E-state index is 12.8. The van der Waals surface area contributed by atoms with E-state index in [4.69, 9.17) is 18.6 Å². The van der Waals surface area contributed by atoms with Gasteiger partial charge in [0.05, 0.1) is 21.3 Å². The Bertz CT molecular complexity index is 822. The molecule has 0 amide bonds. The van der Waals surface area contributed by atoms with Crippen molar-refractivity contribution in [3.63, 3.8) is 0 Å². The van der Waals surface area contributed by atoms with Gasteiger partial charge in [-0.25, -0.2) is 4.98 Å². The number of methoxy groups -OCH3 is 3. The summed E-state index contributed by atoms with van der Waals surface area (Å²) in [5, 5.41) is 0. The normalized spacial score (nSPS) is 13.3. The summed E-state index contributed by atoms with van der Waals surface area (Å²) in [6, 6.07) is 3.20. The average molecular weight is 341 g/mol. The SMILES string of the molecule is COc1cc(C(=O)c2coc(C3=CC=CCC3)n2)cc(OC)c1OC. The monoisotopic (exact) mass is 341 g/mol. The number of rotatable bonds is 6. The highest BCUT2D eigenvalue weighted by Gasteiger charge is 2.21. The van der Waals surface area contributed by atoms with Gasteiger partial charge in [0.1, 0.15) is 6.26 Å². The zero-order valence-corrected chi connectivity index (χ0v) is 14.4. The number of aromatic nitrogens is 1. The lowest BCUT2D eigenvalue weighted by molar-refractivity contribution is 0.103. The van der Waals surface area contributed by atoms with E-state index in [0.29, 0.717) is 28.7 Å². The van der Waals surface area contributed by atoms with Crippen LogP contribution in [0.4, 0.5) is 0 Å². The van der Waals surface area contributed by atoms with Gasteiger partial charge in [0.15, 0.2) is 17.2 Å². The highest BCUT2D eigenvalue weighted by atomic mass is 16.5. The molecular weight excluding hydrogens is 322 g/mol. The van der Waals surface area contributed by atoms with Crippen molar-refractivity contribution in [1.82, 2.24) is 4.98 Å². The first-order valence-corrected chi connectivity index (χ1v) is 7.84. The van der Waals surface area contributed by atoms with Crippen molar-refractivity contribution in [2.45, 2.75) is 12.8 Å². The Hall–Kier alpha value is -3.02. The molecule has 6 nitrogen and oxygen atoms in total. The molecule has 0 unspecified atom stereocenters. The fourth-order valence-electron chi connectivity index (χ4n) is 2.67. The summed E-state index contributed by atoms with van der Waals surface area (Å²) in [6.07, 6.45) is 9.14. The van der Waals surface area contributed by atoms with E-state index in [1.807, 2.05) is 12.2 Å². The van der Waals surface area contributed by atoms with Gasteiger partial charge in [-0.1, -0.05) is 18.2 Å². The van der Waals surface area contributed by atoms with E-state index in [0.717, 1.165) is 18.4 Å². The smallest absolute Gasteiger partial charge is 0.222 e. The summed E-state index contributed by atoms with van der Waals surface area (Å²) >= 11 is 0. The van der Waals surface area contributed by atoms with E-state index >= 15 is 0 Å². The molecule has 2 aromatic rings. The lowest BCUT2D eigenvalue weighted by Gasteiger charge is -2.13. The molecule has 1 aromatic heterocycles. The summed E-state index contributed by atoms with van der Waals surface area (Å²) in [5.41, 5.74) is 1.60. The first-order valence-electron chi connectivity index (χ1n) is 7.84. The summed E-state index contributed by atoms with van der Waals surface area (Å²) in [6.45, 7) is 0. The quantitative estimate of drug-likeness (QED) is 0.747. The Balaban J connectivity index is 1.94. The number of hydrogen-bond acceptors (Lipinski definition) is 6. The second kappa shape index (κ2) is 7.25. The fourth-order valence-corrected chi connectivity index (χ4v) is 2.67. The van der Waals surface area contributed by atoms with Gasteiger partial charge in [-0.05, 0) is 25.0 Å². The third-order valence-corrected chi connectivity index (χ3v) is 3.95. The predicted molar refractivity (Wildman–Crippen MR) is 92.4 cm³/mol. The molecule has 0 spiro atoms. The molecule has 0 aliphatic heterocycles. The fraction of sp³-hybridized carbons (Fsp3) is 0.263. The van der Waals surface area contributed by atoms with Crippen LogP contribution in [0.1, 0.15) is 34.8 Å². The maximum Gasteiger partial charge on any atom is 0.222 e. The molecule has 3 rings (SSSR count). The van der Waals surface area contributed by atoms with Crippen LogP contribution in [-0.2, 0) is 0 Å². The molecule has 6 heteroatoms. The van der Waals surface area contributed by atoms with Crippen LogP contribution in [0.5, 0.6) is 17.2 Å². The molecule has 25 heavy (non-hydrogen) atoms. The van der Waals surface area contributed by atoms with E-state index in [1.165, 1.54) is 27.6 Å². The van der Waals surface area contributed by atoms with E-state index in [9.17, 15) is 4.79 Å². The number of allylic oxidation sites excluding steroid dienone is 4. The number of carbonyl (C=O) groups excluding carboxylic acids is 1. The highest BCUT2D eigenvalue weighted by Crippen LogP contribution is 2.38. The van der Waals surface area contributed by atoms with Gasteiger partial charge in [0.2, 0.25) is 17.4 Å². The molecule has 0 fully saturated rings. The Morgan fingerprint density at radius 2 is 1.84 bits per heavy atom. The average Bonchev–Trinajstić information content (AvgIpc) is 3.17. The Labute approximate surface area is 145 Å². The van der Waals surface area contributed by atoms with Gasteiger partial charge in [0.25, 0.3) is 0 Å². The second-order valence-electron chi connectivity index (χ2n) is 5.44. The maximum atomic E-state index is 12.8. The molecule has 0 N–H and O–H groups in total. The lowest BCUT2D eigenvalue weighted by Crippen LogP contribution is -2.05. The van der Waals surface area contributed by atoms with E-state index < -0.39 is 0 Å². The van der Waals surface area contributed by atoms with Crippen LogP contribution in [0.2, 0.25) is 0 Å². The number of ether oxygens (including phenoxy) is 3. The zero-order valence-electron chi connectivity index (χ0n) is 14.4. The van der Waals surface area contributed by atoms with Gasteiger partial charge in [-0.15, -0.1) is 0 Å². The van der Waals surface area contributed by atoms with Crippen LogP contribution in [-0.4, -0.2) is 32.1 Å². The van der Waals surface area contributed by atoms with Gasteiger partial charge in [-0.3, -0.25) is 4.79 Å². The summed E-state index contributed by atoms with van der Waals surface area (Å²) in [7, 11) is 4.52.